The van der Waals surface area contributed by atoms with Gasteiger partial charge in [0.25, 0.3) is 0 Å². The number of carbonyl (C=O) groups excluding carboxylic acids is 1. The van der Waals surface area contributed by atoms with Crippen LogP contribution in [0.1, 0.15) is 136 Å². The lowest BCUT2D eigenvalue weighted by Gasteiger charge is -2.46. The summed E-state index contributed by atoms with van der Waals surface area (Å²) in [5.74, 6) is -0.242. The van der Waals surface area contributed by atoms with Crippen LogP contribution in [0.5, 0.6) is 0 Å². The minimum absolute atomic E-state index is 0.242. The smallest absolute Gasteiger partial charge is 0.220 e. The number of aliphatic hydroxyl groups is 8. The second kappa shape index (κ2) is 35.7. The zero-order chi connectivity index (χ0) is 46.1. The topological polar surface area (TPSA) is 228 Å². The predicted octanol–water partition coefficient (Wildman–Crippen LogP) is 5.26. The van der Waals surface area contributed by atoms with E-state index in [2.05, 4.69) is 92.1 Å². The third-order valence-corrected chi connectivity index (χ3v) is 11.2. The van der Waals surface area contributed by atoms with Crippen LogP contribution in [0, 0.1) is 0 Å². The maximum Gasteiger partial charge on any atom is 0.220 e. The molecule has 12 unspecified atom stereocenters. The molecule has 2 saturated heterocycles. The van der Waals surface area contributed by atoms with E-state index in [0.717, 1.165) is 103 Å². The normalized spacial score (nSPS) is 28.2. The molecule has 14 heteroatoms. The highest BCUT2D eigenvalue weighted by Crippen LogP contribution is 2.30. The van der Waals surface area contributed by atoms with Crippen molar-refractivity contribution in [1.82, 2.24) is 5.32 Å². The van der Waals surface area contributed by atoms with E-state index < -0.39 is 86.8 Å². The largest absolute Gasteiger partial charge is 0.394 e. The summed E-state index contributed by atoms with van der Waals surface area (Å²) in [5.41, 5.74) is 0. The lowest BCUT2D eigenvalue weighted by atomic mass is 9.97. The molecule has 0 spiro atoms. The van der Waals surface area contributed by atoms with E-state index in [1.807, 2.05) is 0 Å². The Labute approximate surface area is 377 Å². The zero-order valence-corrected chi connectivity index (χ0v) is 38.0. The van der Waals surface area contributed by atoms with Crippen LogP contribution in [0.25, 0.3) is 0 Å². The van der Waals surface area contributed by atoms with Gasteiger partial charge in [0.2, 0.25) is 5.91 Å². The molecule has 12 atom stereocenters. The molecule has 9 N–H and O–H groups in total. The number of ether oxygens (including phenoxy) is 4. The first-order chi connectivity index (χ1) is 30.6. The van der Waals surface area contributed by atoms with Gasteiger partial charge in [-0.05, 0) is 64.2 Å². The quantitative estimate of drug-likeness (QED) is 0.0297. The number of aliphatic hydroxyl groups excluding tert-OH is 8. The van der Waals surface area contributed by atoms with Gasteiger partial charge in [-0.2, -0.15) is 0 Å². The van der Waals surface area contributed by atoms with Crippen molar-refractivity contribution < 1.29 is 64.6 Å². The first-order valence-corrected chi connectivity index (χ1v) is 23.7. The monoisotopic (exact) mass is 894 g/mol. The van der Waals surface area contributed by atoms with Gasteiger partial charge in [-0.25, -0.2) is 0 Å². The minimum atomic E-state index is -1.79. The Morgan fingerprint density at radius 2 is 1.10 bits per heavy atom. The molecule has 14 nitrogen and oxygen atoms in total. The Balaban J connectivity index is 1.77. The number of hydrogen-bond donors (Lipinski definition) is 9. The van der Waals surface area contributed by atoms with Gasteiger partial charge in [0.1, 0.15) is 48.8 Å². The average Bonchev–Trinajstić information content (AvgIpc) is 3.28. The molecule has 0 bridgehead atoms. The number of carbonyl (C=O) groups is 1. The van der Waals surface area contributed by atoms with Crippen molar-refractivity contribution in [2.24, 2.45) is 0 Å². The van der Waals surface area contributed by atoms with E-state index in [1.54, 1.807) is 0 Å². The van der Waals surface area contributed by atoms with E-state index in [1.165, 1.54) is 0 Å². The molecule has 63 heavy (non-hydrogen) atoms. The Hall–Kier alpha value is -2.57. The molecule has 2 aliphatic heterocycles. The van der Waals surface area contributed by atoms with Crippen molar-refractivity contribution in [2.75, 3.05) is 19.8 Å². The zero-order valence-electron chi connectivity index (χ0n) is 38.0. The molecule has 362 valence electrons. The molecular formula is C49H83NO13. The fourth-order valence-electron chi connectivity index (χ4n) is 7.30. The number of amides is 1. The highest BCUT2D eigenvalue weighted by molar-refractivity contribution is 5.76. The molecule has 2 heterocycles. The number of allylic oxidation sites excluding steroid dienone is 12. The maximum absolute atomic E-state index is 13.1. The molecule has 1 amide bonds. The number of rotatable bonds is 34. The molecule has 2 fully saturated rings. The Morgan fingerprint density at radius 1 is 0.587 bits per heavy atom. The van der Waals surface area contributed by atoms with Crippen molar-refractivity contribution in [3.05, 3.63) is 72.9 Å². The number of nitrogens with one attached hydrogen (secondary N) is 1. The van der Waals surface area contributed by atoms with Gasteiger partial charge >= 0.3 is 0 Å². The van der Waals surface area contributed by atoms with Gasteiger partial charge in [0, 0.05) is 6.42 Å². The SMILES string of the molecule is CC/C=C\C/C=C\C/C=C\C/C=C\C/C=C\C/C=C\CCCCCCC(=O)NC(COC1OC(CO)C(OC2OC(CO)C(O)C(O)C2O)C(O)C1O)C(O)CCCCCCCC. The lowest BCUT2D eigenvalue weighted by molar-refractivity contribution is -0.359. The second-order valence-corrected chi connectivity index (χ2v) is 16.5. The highest BCUT2D eigenvalue weighted by Gasteiger charge is 2.51. The van der Waals surface area contributed by atoms with Crippen molar-refractivity contribution in [3.8, 4) is 0 Å². The minimum Gasteiger partial charge on any atom is -0.394 e. The molecule has 0 aromatic heterocycles. The summed E-state index contributed by atoms with van der Waals surface area (Å²) in [6.45, 7) is 2.60. The molecule has 0 aliphatic carbocycles. The van der Waals surface area contributed by atoms with Crippen LogP contribution in [0.4, 0.5) is 0 Å². The van der Waals surface area contributed by atoms with E-state index in [-0.39, 0.29) is 18.9 Å². The van der Waals surface area contributed by atoms with Crippen LogP contribution in [0.15, 0.2) is 72.9 Å². The molecule has 0 aromatic carbocycles. The summed E-state index contributed by atoms with van der Waals surface area (Å²) < 4.78 is 22.6. The van der Waals surface area contributed by atoms with Crippen LogP contribution < -0.4 is 5.32 Å². The number of unbranched alkanes of at least 4 members (excludes halogenated alkanes) is 9. The summed E-state index contributed by atoms with van der Waals surface area (Å²) in [6, 6.07) is -0.843. The summed E-state index contributed by atoms with van der Waals surface area (Å²) in [5, 5.41) is 86.3. The Bertz CT molecular complexity index is 1330. The molecular weight excluding hydrogens is 811 g/mol. The standard InChI is InChI=1S/C49H83NO13/c1-3-5-7-9-11-12-13-14-15-16-17-18-19-20-21-22-23-24-25-26-27-29-31-33-41(54)50-37(38(53)32-30-28-10-8-6-4-2)36-60-48-46(59)44(57)47(40(35-52)62-48)63-49-45(58)43(56)42(55)39(34-51)61-49/h5,7,11-12,14-15,17-18,20-21,23-24,37-40,42-49,51-53,55-59H,3-4,6,8-10,13,16,19,22,25-36H2,1-2H3,(H,50,54)/b7-5-,12-11-,15-14-,18-17-,21-20-,24-23-. The Morgan fingerprint density at radius 3 is 1.68 bits per heavy atom. The van der Waals surface area contributed by atoms with E-state index in [0.29, 0.717) is 12.8 Å². The molecule has 2 rings (SSSR count). The highest BCUT2D eigenvalue weighted by atomic mass is 16.7. The van der Waals surface area contributed by atoms with E-state index >= 15 is 0 Å². The van der Waals surface area contributed by atoms with Crippen molar-refractivity contribution in [1.29, 1.82) is 0 Å². The van der Waals surface area contributed by atoms with Crippen molar-refractivity contribution in [2.45, 2.75) is 209 Å². The van der Waals surface area contributed by atoms with Crippen LogP contribution in [-0.4, -0.2) is 140 Å². The predicted molar refractivity (Wildman–Crippen MR) is 244 cm³/mol. The van der Waals surface area contributed by atoms with Crippen LogP contribution in [0.2, 0.25) is 0 Å². The summed E-state index contributed by atoms with van der Waals surface area (Å²) in [7, 11) is 0. The third-order valence-electron chi connectivity index (χ3n) is 11.2. The fraction of sp³-hybridized carbons (Fsp3) is 0.735. The van der Waals surface area contributed by atoms with Gasteiger partial charge < -0.3 is 65.1 Å². The summed E-state index contributed by atoms with van der Waals surface area (Å²) >= 11 is 0. The maximum atomic E-state index is 13.1. The van der Waals surface area contributed by atoms with E-state index in [4.69, 9.17) is 18.9 Å². The fourth-order valence-corrected chi connectivity index (χ4v) is 7.30. The van der Waals surface area contributed by atoms with Crippen molar-refractivity contribution >= 4 is 5.91 Å². The van der Waals surface area contributed by atoms with Crippen molar-refractivity contribution in [3.63, 3.8) is 0 Å². The Kier molecular flexibility index (Phi) is 32.0. The number of hydrogen-bond acceptors (Lipinski definition) is 13. The molecule has 2 aliphatic rings. The lowest BCUT2D eigenvalue weighted by Crippen LogP contribution is -2.65. The van der Waals surface area contributed by atoms with E-state index in [9.17, 15) is 45.6 Å². The van der Waals surface area contributed by atoms with Gasteiger partial charge in [-0.3, -0.25) is 4.79 Å². The van der Waals surface area contributed by atoms with Crippen LogP contribution >= 0.6 is 0 Å². The third kappa shape index (κ3) is 23.4. The first kappa shape index (κ1) is 56.6. The summed E-state index contributed by atoms with van der Waals surface area (Å²) in [6.07, 6.45) is 26.7. The summed E-state index contributed by atoms with van der Waals surface area (Å²) in [4.78, 5) is 13.1. The van der Waals surface area contributed by atoms with Gasteiger partial charge in [0.15, 0.2) is 12.6 Å². The first-order valence-electron chi connectivity index (χ1n) is 23.7. The van der Waals surface area contributed by atoms with Gasteiger partial charge in [0.05, 0.1) is 32.0 Å². The van der Waals surface area contributed by atoms with Crippen LogP contribution in [0.3, 0.4) is 0 Å². The molecule has 0 saturated carbocycles. The van der Waals surface area contributed by atoms with Crippen LogP contribution in [-0.2, 0) is 23.7 Å². The van der Waals surface area contributed by atoms with Gasteiger partial charge in [-0.15, -0.1) is 0 Å². The average molecular weight is 894 g/mol. The molecule has 0 radical (unpaired) electrons. The van der Waals surface area contributed by atoms with Gasteiger partial charge in [-0.1, -0.05) is 138 Å². The molecule has 0 aromatic rings. The second-order valence-electron chi connectivity index (χ2n) is 16.5.